The summed E-state index contributed by atoms with van der Waals surface area (Å²) in [5.41, 5.74) is -0.102. The number of ether oxygens (including phenoxy) is 1. The van der Waals surface area contributed by atoms with Crippen LogP contribution in [0.3, 0.4) is 0 Å². The van der Waals surface area contributed by atoms with Crippen molar-refractivity contribution in [3.8, 4) is 6.07 Å². The number of nitriles is 1. The van der Waals surface area contributed by atoms with Crippen LogP contribution < -0.4 is 5.32 Å². The first kappa shape index (κ1) is 13.9. The van der Waals surface area contributed by atoms with Crippen LogP contribution >= 0.6 is 0 Å². The van der Waals surface area contributed by atoms with E-state index in [0.717, 1.165) is 0 Å². The fourth-order valence-electron chi connectivity index (χ4n) is 2.18. The standard InChI is InChI=1S/C14H17FN2O2/c1-10-14(18,4-5-19-10)9-17-8-12-3-2-11(7-16)6-13(12)15/h2-3,6,10,17-18H,4-5,8-9H2,1H3. The minimum atomic E-state index is -0.886. The molecule has 19 heavy (non-hydrogen) atoms. The van der Waals surface area contributed by atoms with Crippen molar-refractivity contribution < 1.29 is 14.2 Å². The Labute approximate surface area is 111 Å². The molecule has 2 unspecified atom stereocenters. The molecule has 1 heterocycles. The lowest BCUT2D eigenvalue weighted by Gasteiger charge is -2.26. The van der Waals surface area contributed by atoms with E-state index in [1.807, 2.05) is 13.0 Å². The number of halogens is 1. The zero-order valence-corrected chi connectivity index (χ0v) is 10.8. The Balaban J connectivity index is 1.91. The summed E-state index contributed by atoms with van der Waals surface area (Å²) < 4.78 is 19.0. The van der Waals surface area contributed by atoms with Gasteiger partial charge in [0.15, 0.2) is 0 Å². The maximum atomic E-state index is 13.6. The van der Waals surface area contributed by atoms with Crippen LogP contribution in [-0.2, 0) is 11.3 Å². The third kappa shape index (κ3) is 3.10. The Morgan fingerprint density at radius 3 is 3.00 bits per heavy atom. The van der Waals surface area contributed by atoms with Gasteiger partial charge in [0, 0.05) is 31.7 Å². The summed E-state index contributed by atoms with van der Waals surface area (Å²) in [7, 11) is 0. The SMILES string of the molecule is CC1OCCC1(O)CNCc1ccc(C#N)cc1F. The smallest absolute Gasteiger partial charge is 0.129 e. The molecule has 0 bridgehead atoms. The molecule has 0 aliphatic carbocycles. The second-order valence-electron chi connectivity index (χ2n) is 4.89. The van der Waals surface area contributed by atoms with Crippen LogP contribution in [0.25, 0.3) is 0 Å². The number of aliphatic hydroxyl groups is 1. The molecule has 0 aromatic heterocycles. The van der Waals surface area contributed by atoms with Crippen LogP contribution in [0.5, 0.6) is 0 Å². The van der Waals surface area contributed by atoms with Gasteiger partial charge in [-0.1, -0.05) is 6.07 Å². The summed E-state index contributed by atoms with van der Waals surface area (Å²) in [4.78, 5) is 0. The van der Waals surface area contributed by atoms with Crippen LogP contribution in [0.1, 0.15) is 24.5 Å². The fraction of sp³-hybridized carbons (Fsp3) is 0.500. The molecule has 1 aromatic carbocycles. The van der Waals surface area contributed by atoms with Crippen molar-refractivity contribution in [3.63, 3.8) is 0 Å². The second kappa shape index (κ2) is 5.66. The third-order valence-corrected chi connectivity index (χ3v) is 3.59. The molecule has 1 aromatic rings. The Morgan fingerprint density at radius 2 is 2.42 bits per heavy atom. The molecule has 1 aliphatic heterocycles. The van der Waals surface area contributed by atoms with Gasteiger partial charge < -0.3 is 15.2 Å². The Kier molecular flexibility index (Phi) is 4.15. The Morgan fingerprint density at radius 1 is 1.63 bits per heavy atom. The Hall–Kier alpha value is -1.48. The lowest BCUT2D eigenvalue weighted by Crippen LogP contribution is -2.45. The van der Waals surface area contributed by atoms with Crippen molar-refractivity contribution >= 4 is 0 Å². The van der Waals surface area contributed by atoms with Gasteiger partial charge in [0.1, 0.15) is 11.4 Å². The molecular formula is C14H17FN2O2. The Bertz CT molecular complexity index is 501. The number of nitrogens with zero attached hydrogens (tertiary/aromatic N) is 1. The number of nitrogens with one attached hydrogen (secondary N) is 1. The second-order valence-corrected chi connectivity index (χ2v) is 4.89. The summed E-state index contributed by atoms with van der Waals surface area (Å²) in [6.45, 7) is 3.04. The van der Waals surface area contributed by atoms with E-state index in [-0.39, 0.29) is 6.10 Å². The number of hydrogen-bond acceptors (Lipinski definition) is 4. The van der Waals surface area contributed by atoms with Gasteiger partial charge in [-0.15, -0.1) is 0 Å². The zero-order chi connectivity index (χ0) is 13.9. The quantitative estimate of drug-likeness (QED) is 0.861. The first-order valence-corrected chi connectivity index (χ1v) is 6.28. The average molecular weight is 264 g/mol. The maximum absolute atomic E-state index is 13.6. The first-order valence-electron chi connectivity index (χ1n) is 6.28. The summed E-state index contributed by atoms with van der Waals surface area (Å²) in [6, 6.07) is 6.27. The first-order chi connectivity index (χ1) is 9.05. The van der Waals surface area contributed by atoms with Crippen LogP contribution in [0.2, 0.25) is 0 Å². The fourth-order valence-corrected chi connectivity index (χ4v) is 2.18. The normalized spacial score (nSPS) is 26.3. The van der Waals surface area contributed by atoms with Crippen molar-refractivity contribution in [2.45, 2.75) is 31.6 Å². The predicted octanol–water partition coefficient (Wildman–Crippen LogP) is 1.33. The molecule has 102 valence electrons. The number of rotatable bonds is 4. The largest absolute Gasteiger partial charge is 0.386 e. The minimum Gasteiger partial charge on any atom is -0.386 e. The lowest BCUT2D eigenvalue weighted by molar-refractivity contribution is -0.0263. The van der Waals surface area contributed by atoms with E-state index in [0.29, 0.717) is 37.2 Å². The van der Waals surface area contributed by atoms with Gasteiger partial charge in [-0.25, -0.2) is 4.39 Å². The monoisotopic (exact) mass is 264 g/mol. The highest BCUT2D eigenvalue weighted by Gasteiger charge is 2.38. The van der Waals surface area contributed by atoms with Crippen LogP contribution in [0, 0.1) is 17.1 Å². The average Bonchev–Trinajstić information content (AvgIpc) is 2.72. The van der Waals surface area contributed by atoms with Gasteiger partial charge >= 0.3 is 0 Å². The highest BCUT2D eigenvalue weighted by atomic mass is 19.1. The van der Waals surface area contributed by atoms with Crippen molar-refractivity contribution in [2.75, 3.05) is 13.2 Å². The van der Waals surface area contributed by atoms with Gasteiger partial charge in [-0.3, -0.25) is 0 Å². The molecule has 0 amide bonds. The molecule has 5 heteroatoms. The van der Waals surface area contributed by atoms with E-state index in [1.165, 1.54) is 6.07 Å². The highest BCUT2D eigenvalue weighted by Crippen LogP contribution is 2.24. The third-order valence-electron chi connectivity index (χ3n) is 3.59. The van der Waals surface area contributed by atoms with Crippen molar-refractivity contribution in [1.29, 1.82) is 5.26 Å². The van der Waals surface area contributed by atoms with Crippen LogP contribution in [-0.4, -0.2) is 30.0 Å². The molecule has 1 aliphatic rings. The van der Waals surface area contributed by atoms with Gasteiger partial charge in [0.25, 0.3) is 0 Å². The minimum absolute atomic E-state index is 0.217. The van der Waals surface area contributed by atoms with E-state index >= 15 is 0 Å². The summed E-state index contributed by atoms with van der Waals surface area (Å²) in [5.74, 6) is -0.408. The molecule has 2 rings (SSSR count). The molecular weight excluding hydrogens is 247 g/mol. The summed E-state index contributed by atoms with van der Waals surface area (Å²) in [6.07, 6.45) is 0.364. The maximum Gasteiger partial charge on any atom is 0.129 e. The van der Waals surface area contributed by atoms with E-state index in [9.17, 15) is 9.50 Å². The highest BCUT2D eigenvalue weighted by molar-refractivity contribution is 5.32. The van der Waals surface area contributed by atoms with E-state index in [1.54, 1.807) is 12.1 Å². The van der Waals surface area contributed by atoms with Gasteiger partial charge in [-0.05, 0) is 19.1 Å². The lowest BCUT2D eigenvalue weighted by atomic mass is 9.96. The molecule has 0 spiro atoms. The van der Waals surface area contributed by atoms with E-state index < -0.39 is 11.4 Å². The molecule has 2 atom stereocenters. The predicted molar refractivity (Wildman–Crippen MR) is 67.8 cm³/mol. The molecule has 0 radical (unpaired) electrons. The molecule has 1 saturated heterocycles. The van der Waals surface area contributed by atoms with E-state index in [4.69, 9.17) is 10.00 Å². The van der Waals surface area contributed by atoms with Crippen LogP contribution in [0.15, 0.2) is 18.2 Å². The van der Waals surface area contributed by atoms with Crippen LogP contribution in [0.4, 0.5) is 4.39 Å². The number of hydrogen-bond donors (Lipinski definition) is 2. The van der Waals surface area contributed by atoms with Crippen molar-refractivity contribution in [1.82, 2.24) is 5.32 Å². The summed E-state index contributed by atoms with van der Waals surface area (Å²) in [5, 5.41) is 22.0. The molecule has 2 N–H and O–H groups in total. The van der Waals surface area contributed by atoms with Gasteiger partial charge in [0.2, 0.25) is 0 Å². The van der Waals surface area contributed by atoms with Gasteiger partial charge in [0.05, 0.1) is 17.7 Å². The summed E-state index contributed by atoms with van der Waals surface area (Å²) >= 11 is 0. The van der Waals surface area contributed by atoms with Crippen molar-refractivity contribution in [2.24, 2.45) is 0 Å². The molecule has 0 saturated carbocycles. The van der Waals surface area contributed by atoms with Crippen molar-refractivity contribution in [3.05, 3.63) is 35.1 Å². The van der Waals surface area contributed by atoms with E-state index in [2.05, 4.69) is 5.32 Å². The topological polar surface area (TPSA) is 65.3 Å². The molecule has 4 nitrogen and oxygen atoms in total. The molecule has 1 fully saturated rings. The zero-order valence-electron chi connectivity index (χ0n) is 10.8. The number of benzene rings is 1. The van der Waals surface area contributed by atoms with Gasteiger partial charge in [-0.2, -0.15) is 5.26 Å².